The van der Waals surface area contributed by atoms with E-state index in [0.717, 1.165) is 45.6 Å². The van der Waals surface area contributed by atoms with Gasteiger partial charge < -0.3 is 5.32 Å². The Morgan fingerprint density at radius 2 is 2.00 bits per heavy atom. The fourth-order valence-electron chi connectivity index (χ4n) is 5.77. The van der Waals surface area contributed by atoms with Crippen LogP contribution in [0.4, 0.5) is 10.2 Å². The van der Waals surface area contributed by atoms with Crippen LogP contribution in [-0.4, -0.2) is 20.5 Å². The van der Waals surface area contributed by atoms with Crippen LogP contribution in [0, 0.1) is 18.2 Å². The number of nitrogens with one attached hydrogen (secondary N) is 1. The molecule has 0 saturated heterocycles. The maximum absolute atomic E-state index is 14.5. The van der Waals surface area contributed by atoms with Crippen molar-refractivity contribution < 1.29 is 9.18 Å². The number of halogens is 1. The van der Waals surface area contributed by atoms with Crippen molar-refractivity contribution in [3.8, 4) is 11.1 Å². The number of benzene rings is 1. The Bertz CT molecular complexity index is 1320. The molecule has 1 aliphatic carbocycles. The number of Topliss-reactive ketones (excluding diaryl/α,β-unsaturated/α-hetero) is 1. The number of fused-ring (bicyclic) bond motifs is 1. The highest BCUT2D eigenvalue weighted by Crippen LogP contribution is 2.54. The van der Waals surface area contributed by atoms with Crippen molar-refractivity contribution in [2.24, 2.45) is 12.5 Å². The minimum absolute atomic E-state index is 0.119. The summed E-state index contributed by atoms with van der Waals surface area (Å²) in [6.45, 7) is 8.29. The average Bonchev–Trinajstić information content (AvgIpc) is 3.09. The van der Waals surface area contributed by atoms with Crippen LogP contribution < -0.4 is 5.32 Å². The molecule has 2 aliphatic rings. The van der Waals surface area contributed by atoms with Crippen LogP contribution in [0.3, 0.4) is 0 Å². The van der Waals surface area contributed by atoms with E-state index >= 15 is 0 Å². The Morgan fingerprint density at radius 3 is 2.70 bits per heavy atom. The van der Waals surface area contributed by atoms with Crippen LogP contribution in [-0.2, 0) is 17.3 Å². The molecule has 1 aromatic carbocycles. The molecule has 3 heterocycles. The number of hydrogen-bond donors (Lipinski definition) is 1. The van der Waals surface area contributed by atoms with Crippen molar-refractivity contribution in [3.05, 3.63) is 76.6 Å². The number of nitrogens with zero attached hydrogens (tertiary/aromatic N) is 3. The van der Waals surface area contributed by atoms with Crippen LogP contribution in [0.1, 0.15) is 56.9 Å². The third-order valence-electron chi connectivity index (χ3n) is 7.10. The van der Waals surface area contributed by atoms with Crippen LogP contribution in [0.5, 0.6) is 0 Å². The second kappa shape index (κ2) is 7.37. The zero-order valence-electron chi connectivity index (χ0n) is 19.8. The summed E-state index contributed by atoms with van der Waals surface area (Å²) in [5.74, 6) is 0.346. The summed E-state index contributed by atoms with van der Waals surface area (Å²) in [6.07, 6.45) is 5.07. The second-order valence-corrected chi connectivity index (χ2v) is 10.1. The van der Waals surface area contributed by atoms with Gasteiger partial charge in [0.2, 0.25) is 0 Å². The standard InChI is InChI=1S/C27H29FN4O/c1-6-27(18-9-7-8-17(10-18)20-15-32(5)31-16(20)2)21-11-19(28)14-29-25(21)30-22-12-26(3,4)13-23(33)24(22)27/h7-11,14-15H,6,12-13H2,1-5H3,(H,29,30)/t27-/m1/s1. The molecule has 33 heavy (non-hydrogen) atoms. The average molecular weight is 445 g/mol. The first-order valence-electron chi connectivity index (χ1n) is 11.5. The minimum Gasteiger partial charge on any atom is -0.343 e. The van der Waals surface area contributed by atoms with Gasteiger partial charge in [0.15, 0.2) is 5.78 Å². The molecule has 0 spiro atoms. The van der Waals surface area contributed by atoms with Gasteiger partial charge in [-0.1, -0.05) is 39.0 Å². The lowest BCUT2D eigenvalue weighted by molar-refractivity contribution is -0.118. The Kier molecular flexibility index (Phi) is 4.82. The largest absolute Gasteiger partial charge is 0.343 e. The van der Waals surface area contributed by atoms with Gasteiger partial charge in [0, 0.05) is 42.1 Å². The lowest BCUT2D eigenvalue weighted by Crippen LogP contribution is -2.43. The third-order valence-corrected chi connectivity index (χ3v) is 7.10. The molecule has 0 fully saturated rings. The predicted molar refractivity (Wildman–Crippen MR) is 127 cm³/mol. The summed E-state index contributed by atoms with van der Waals surface area (Å²) in [7, 11) is 1.91. The summed E-state index contributed by atoms with van der Waals surface area (Å²) in [6, 6.07) is 9.80. The first-order valence-corrected chi connectivity index (χ1v) is 11.5. The molecule has 3 aromatic rings. The Hall–Kier alpha value is -3.28. The summed E-state index contributed by atoms with van der Waals surface area (Å²) in [5, 5.41) is 7.89. The molecule has 0 unspecified atom stereocenters. The van der Waals surface area contributed by atoms with Crippen LogP contribution in [0.15, 0.2) is 54.0 Å². The molecule has 2 aromatic heterocycles. The molecule has 0 radical (unpaired) electrons. The quantitative estimate of drug-likeness (QED) is 0.563. The van der Waals surface area contributed by atoms with Crippen LogP contribution in [0.25, 0.3) is 11.1 Å². The van der Waals surface area contributed by atoms with Gasteiger partial charge in [0.1, 0.15) is 11.6 Å². The molecule has 5 rings (SSSR count). The van der Waals surface area contributed by atoms with Crippen molar-refractivity contribution in [2.45, 2.75) is 52.4 Å². The molecule has 1 N–H and O–H groups in total. The van der Waals surface area contributed by atoms with Gasteiger partial charge in [-0.25, -0.2) is 9.37 Å². The normalized spacial score (nSPS) is 21.5. The second-order valence-electron chi connectivity index (χ2n) is 10.1. The summed E-state index contributed by atoms with van der Waals surface area (Å²) in [4.78, 5) is 18.1. The summed E-state index contributed by atoms with van der Waals surface area (Å²) >= 11 is 0. The maximum Gasteiger partial charge on any atom is 0.162 e. The van der Waals surface area contributed by atoms with Crippen molar-refractivity contribution in [3.63, 3.8) is 0 Å². The van der Waals surface area contributed by atoms with Gasteiger partial charge in [0.25, 0.3) is 0 Å². The molecule has 0 amide bonds. The molecule has 0 bridgehead atoms. The molecule has 1 aliphatic heterocycles. The molecular formula is C27H29FN4O. The third kappa shape index (κ3) is 3.31. The molecule has 1 atom stereocenters. The van der Waals surface area contributed by atoms with E-state index in [9.17, 15) is 9.18 Å². The SMILES string of the molecule is CC[C@]1(c2cccc(-c3cn(C)nc3C)c2)C2=C(CC(C)(C)CC2=O)Nc2ncc(F)cc21. The van der Waals surface area contributed by atoms with E-state index in [0.29, 0.717) is 18.7 Å². The van der Waals surface area contributed by atoms with Gasteiger partial charge in [0.05, 0.1) is 17.3 Å². The van der Waals surface area contributed by atoms with E-state index < -0.39 is 11.2 Å². The van der Waals surface area contributed by atoms with Gasteiger partial charge in [-0.2, -0.15) is 5.10 Å². The molecular weight excluding hydrogens is 415 g/mol. The van der Waals surface area contributed by atoms with E-state index in [-0.39, 0.29) is 11.2 Å². The van der Waals surface area contributed by atoms with E-state index in [1.165, 1.54) is 12.3 Å². The van der Waals surface area contributed by atoms with Crippen molar-refractivity contribution >= 4 is 11.6 Å². The molecule has 0 saturated carbocycles. The monoisotopic (exact) mass is 444 g/mol. The van der Waals surface area contributed by atoms with Gasteiger partial charge >= 0.3 is 0 Å². The first-order chi connectivity index (χ1) is 15.6. The molecule has 170 valence electrons. The highest BCUT2D eigenvalue weighted by Gasteiger charge is 2.49. The number of hydrogen-bond acceptors (Lipinski definition) is 4. The van der Waals surface area contributed by atoms with Crippen molar-refractivity contribution in [1.29, 1.82) is 0 Å². The van der Waals surface area contributed by atoms with Gasteiger partial charge in [-0.05, 0) is 48.4 Å². The Morgan fingerprint density at radius 1 is 1.21 bits per heavy atom. The minimum atomic E-state index is -0.773. The Labute approximate surface area is 193 Å². The number of carbonyl (C=O) groups excluding carboxylic acids is 1. The lowest BCUT2D eigenvalue weighted by atomic mass is 9.59. The highest BCUT2D eigenvalue weighted by molar-refractivity contribution is 6.03. The fourth-order valence-corrected chi connectivity index (χ4v) is 5.77. The van der Waals surface area contributed by atoms with E-state index in [1.807, 2.05) is 26.2 Å². The summed E-state index contributed by atoms with van der Waals surface area (Å²) < 4.78 is 16.3. The number of aromatic nitrogens is 3. The zero-order chi connectivity index (χ0) is 23.5. The van der Waals surface area contributed by atoms with Crippen molar-refractivity contribution in [2.75, 3.05) is 5.32 Å². The van der Waals surface area contributed by atoms with Gasteiger partial charge in [-0.15, -0.1) is 0 Å². The first kappa shape index (κ1) is 21.6. The molecule has 6 heteroatoms. The number of ketones is 1. The fraction of sp³-hybridized carbons (Fsp3) is 0.370. The zero-order valence-corrected chi connectivity index (χ0v) is 19.8. The predicted octanol–water partition coefficient (Wildman–Crippen LogP) is 5.69. The van der Waals surface area contributed by atoms with Crippen LogP contribution in [0.2, 0.25) is 0 Å². The smallest absolute Gasteiger partial charge is 0.162 e. The van der Waals surface area contributed by atoms with Gasteiger partial charge in [-0.3, -0.25) is 9.48 Å². The number of allylic oxidation sites excluding steroid dienone is 2. The number of anilines is 1. The summed E-state index contributed by atoms with van der Waals surface area (Å²) in [5.41, 5.74) is 5.45. The Balaban J connectivity index is 1.80. The van der Waals surface area contributed by atoms with E-state index in [1.54, 1.807) is 4.68 Å². The number of aryl methyl sites for hydroxylation is 2. The van der Waals surface area contributed by atoms with E-state index in [4.69, 9.17) is 0 Å². The number of rotatable bonds is 3. The van der Waals surface area contributed by atoms with Crippen LogP contribution >= 0.6 is 0 Å². The lowest BCUT2D eigenvalue weighted by Gasteiger charge is -2.46. The topological polar surface area (TPSA) is 59.8 Å². The number of carbonyl (C=O) groups is 1. The molecule has 5 nitrogen and oxygen atoms in total. The highest BCUT2D eigenvalue weighted by atomic mass is 19.1. The van der Waals surface area contributed by atoms with Crippen molar-refractivity contribution in [1.82, 2.24) is 14.8 Å². The number of pyridine rings is 1. The maximum atomic E-state index is 14.5. The van der Waals surface area contributed by atoms with E-state index in [2.05, 4.69) is 54.4 Å².